The zero-order valence-electron chi connectivity index (χ0n) is 15.5. The fourth-order valence-electron chi connectivity index (χ4n) is 2.51. The number of hydrogen-bond acceptors (Lipinski definition) is 5. The van der Waals surface area contributed by atoms with Crippen LogP contribution in [-0.4, -0.2) is 49.6 Å². The van der Waals surface area contributed by atoms with Crippen LogP contribution in [0.2, 0.25) is 0 Å². The number of ether oxygens (including phenoxy) is 3. The van der Waals surface area contributed by atoms with E-state index in [9.17, 15) is 9.59 Å². The van der Waals surface area contributed by atoms with Crippen molar-refractivity contribution in [3.05, 3.63) is 35.9 Å². The Hall–Kier alpha value is -2.12. The largest absolute Gasteiger partial charge is 0.481 e. The lowest BCUT2D eigenvalue weighted by Gasteiger charge is -2.33. The number of methoxy groups -OCH3 is 1. The second-order valence-corrected chi connectivity index (χ2v) is 6.20. The van der Waals surface area contributed by atoms with Crippen molar-refractivity contribution >= 4 is 12.1 Å². The van der Waals surface area contributed by atoms with Gasteiger partial charge in [0.15, 0.2) is 0 Å². The predicted molar refractivity (Wildman–Crippen MR) is 97.0 cm³/mol. The van der Waals surface area contributed by atoms with E-state index in [0.717, 1.165) is 18.4 Å². The number of alkyl carbamates (subject to hydrolysis) is 1. The van der Waals surface area contributed by atoms with Gasteiger partial charge in [-0.3, -0.25) is 4.79 Å². The van der Waals surface area contributed by atoms with E-state index in [2.05, 4.69) is 12.2 Å². The molecule has 1 amide bonds. The maximum absolute atomic E-state index is 12.3. The molecule has 0 aromatic heterocycles. The first-order chi connectivity index (χ1) is 12.5. The number of amides is 1. The highest BCUT2D eigenvalue weighted by Gasteiger charge is 2.32. The first kappa shape index (κ1) is 21.9. The molecule has 0 spiro atoms. The highest BCUT2D eigenvalue weighted by molar-refractivity contribution is 5.68. The van der Waals surface area contributed by atoms with Crippen molar-refractivity contribution in [3.63, 3.8) is 0 Å². The van der Waals surface area contributed by atoms with E-state index in [1.165, 1.54) is 0 Å². The van der Waals surface area contributed by atoms with E-state index < -0.39 is 17.6 Å². The number of nitrogens with one attached hydrogen (secondary N) is 1. The van der Waals surface area contributed by atoms with Crippen LogP contribution in [0.15, 0.2) is 30.3 Å². The average molecular weight is 367 g/mol. The Morgan fingerprint density at radius 3 is 2.54 bits per heavy atom. The molecule has 0 aliphatic carbocycles. The van der Waals surface area contributed by atoms with E-state index in [1.807, 2.05) is 30.3 Å². The third-order valence-corrected chi connectivity index (χ3v) is 3.85. The number of aliphatic carboxylic acids is 1. The number of carbonyl (C=O) groups is 2. The molecule has 2 N–H and O–H groups in total. The quantitative estimate of drug-likeness (QED) is 0.521. The normalized spacial score (nSPS) is 13.0. The lowest BCUT2D eigenvalue weighted by atomic mass is 9.94. The molecule has 1 aromatic rings. The van der Waals surface area contributed by atoms with Gasteiger partial charge in [-0.2, -0.15) is 0 Å². The minimum atomic E-state index is -0.925. The smallest absolute Gasteiger partial charge is 0.408 e. The van der Waals surface area contributed by atoms with Crippen LogP contribution in [0.1, 0.15) is 38.2 Å². The van der Waals surface area contributed by atoms with Crippen LogP contribution in [0.25, 0.3) is 0 Å². The van der Waals surface area contributed by atoms with Crippen molar-refractivity contribution in [1.29, 1.82) is 0 Å². The van der Waals surface area contributed by atoms with Crippen LogP contribution in [0.3, 0.4) is 0 Å². The van der Waals surface area contributed by atoms with Crippen LogP contribution < -0.4 is 5.32 Å². The molecule has 0 heterocycles. The third kappa shape index (κ3) is 8.82. The van der Waals surface area contributed by atoms with Gasteiger partial charge in [0.25, 0.3) is 0 Å². The lowest BCUT2D eigenvalue weighted by molar-refractivity contribution is -0.138. The molecule has 7 nitrogen and oxygen atoms in total. The SMILES string of the molecule is CCCCC(COC)(COCCC(=O)O)NC(=O)OCc1ccccc1. The average Bonchev–Trinajstić information content (AvgIpc) is 2.63. The van der Waals surface area contributed by atoms with Crippen molar-refractivity contribution in [2.45, 2.75) is 44.8 Å². The highest BCUT2D eigenvalue weighted by Crippen LogP contribution is 2.17. The van der Waals surface area contributed by atoms with Gasteiger partial charge in [-0.05, 0) is 12.0 Å². The summed E-state index contributed by atoms with van der Waals surface area (Å²) in [5.74, 6) is -0.925. The molecule has 1 aromatic carbocycles. The second-order valence-electron chi connectivity index (χ2n) is 6.20. The number of carboxylic acid groups (broad SMARTS) is 1. The van der Waals surface area contributed by atoms with E-state index in [1.54, 1.807) is 7.11 Å². The summed E-state index contributed by atoms with van der Waals surface area (Å²) in [5.41, 5.74) is 0.142. The van der Waals surface area contributed by atoms with Crippen molar-refractivity contribution in [3.8, 4) is 0 Å². The highest BCUT2D eigenvalue weighted by atomic mass is 16.6. The molecule has 1 rings (SSSR count). The Labute approximate surface area is 154 Å². The van der Waals surface area contributed by atoms with Gasteiger partial charge in [0.1, 0.15) is 6.61 Å². The van der Waals surface area contributed by atoms with Gasteiger partial charge in [0.05, 0.1) is 31.8 Å². The number of carboxylic acids is 1. The van der Waals surface area contributed by atoms with Gasteiger partial charge in [-0.25, -0.2) is 4.79 Å². The number of carbonyl (C=O) groups excluding carboxylic acids is 1. The standard InChI is InChI=1S/C19H29NO6/c1-3-4-11-19(14-24-2,15-25-12-10-17(21)22)20-18(23)26-13-16-8-6-5-7-9-16/h5-9H,3-4,10-15H2,1-2H3,(H,20,23)(H,21,22). The summed E-state index contributed by atoms with van der Waals surface area (Å²) in [4.78, 5) is 22.9. The molecule has 146 valence electrons. The van der Waals surface area contributed by atoms with Crippen molar-refractivity contribution in [1.82, 2.24) is 5.32 Å². The number of unbranched alkanes of at least 4 members (excludes halogenated alkanes) is 1. The van der Waals surface area contributed by atoms with Crippen LogP contribution in [-0.2, 0) is 25.6 Å². The van der Waals surface area contributed by atoms with Gasteiger partial charge in [0.2, 0.25) is 0 Å². The number of benzene rings is 1. The summed E-state index contributed by atoms with van der Waals surface area (Å²) in [6, 6.07) is 9.41. The minimum absolute atomic E-state index is 0.0770. The monoisotopic (exact) mass is 367 g/mol. The van der Waals surface area contributed by atoms with Crippen LogP contribution in [0, 0.1) is 0 Å². The maximum atomic E-state index is 12.3. The minimum Gasteiger partial charge on any atom is -0.481 e. The summed E-state index contributed by atoms with van der Waals surface area (Å²) in [6.07, 6.45) is 1.82. The molecular formula is C19H29NO6. The summed E-state index contributed by atoms with van der Waals surface area (Å²) < 4.78 is 16.1. The van der Waals surface area contributed by atoms with E-state index in [-0.39, 0.29) is 32.8 Å². The Morgan fingerprint density at radius 1 is 1.19 bits per heavy atom. The number of rotatable bonds is 13. The van der Waals surface area contributed by atoms with Gasteiger partial charge in [-0.1, -0.05) is 50.1 Å². The lowest BCUT2D eigenvalue weighted by Crippen LogP contribution is -2.55. The molecule has 0 bridgehead atoms. The van der Waals surface area contributed by atoms with Gasteiger partial charge >= 0.3 is 12.1 Å². The van der Waals surface area contributed by atoms with Gasteiger partial charge in [0, 0.05) is 7.11 Å². The molecule has 1 atom stereocenters. The van der Waals surface area contributed by atoms with Gasteiger partial charge < -0.3 is 24.6 Å². The van der Waals surface area contributed by atoms with Crippen molar-refractivity contribution < 1.29 is 28.9 Å². The van der Waals surface area contributed by atoms with Crippen LogP contribution in [0.5, 0.6) is 0 Å². The Kier molecular flexibility index (Phi) is 10.3. The molecule has 0 aliphatic heterocycles. The molecule has 1 unspecified atom stereocenters. The van der Waals surface area contributed by atoms with Gasteiger partial charge in [-0.15, -0.1) is 0 Å². The molecule has 0 saturated heterocycles. The van der Waals surface area contributed by atoms with Crippen LogP contribution >= 0.6 is 0 Å². The molecule has 0 fully saturated rings. The van der Waals surface area contributed by atoms with Crippen LogP contribution in [0.4, 0.5) is 4.79 Å². The summed E-state index contributed by atoms with van der Waals surface area (Å²) in [5, 5.41) is 11.6. The first-order valence-corrected chi connectivity index (χ1v) is 8.78. The Balaban J connectivity index is 2.64. The molecule has 7 heteroatoms. The van der Waals surface area contributed by atoms with E-state index >= 15 is 0 Å². The van der Waals surface area contributed by atoms with E-state index in [0.29, 0.717) is 6.42 Å². The zero-order chi connectivity index (χ0) is 19.3. The van der Waals surface area contributed by atoms with Crippen molar-refractivity contribution in [2.24, 2.45) is 0 Å². The summed E-state index contributed by atoms with van der Waals surface area (Å²) in [7, 11) is 1.55. The molecule has 0 aliphatic rings. The van der Waals surface area contributed by atoms with E-state index in [4.69, 9.17) is 19.3 Å². The second kappa shape index (κ2) is 12.3. The summed E-state index contributed by atoms with van der Waals surface area (Å²) in [6.45, 7) is 2.71. The molecule has 0 saturated carbocycles. The molecule has 26 heavy (non-hydrogen) atoms. The number of hydrogen-bond donors (Lipinski definition) is 2. The van der Waals surface area contributed by atoms with Crippen molar-refractivity contribution in [2.75, 3.05) is 26.9 Å². The fourth-order valence-corrected chi connectivity index (χ4v) is 2.51. The Morgan fingerprint density at radius 2 is 1.92 bits per heavy atom. The fraction of sp³-hybridized carbons (Fsp3) is 0.579. The zero-order valence-corrected chi connectivity index (χ0v) is 15.5. The predicted octanol–water partition coefficient (Wildman–Crippen LogP) is 2.98. The summed E-state index contributed by atoms with van der Waals surface area (Å²) >= 11 is 0. The Bertz CT molecular complexity index is 536. The first-order valence-electron chi connectivity index (χ1n) is 8.78. The molecular weight excluding hydrogens is 338 g/mol. The maximum Gasteiger partial charge on any atom is 0.408 e. The third-order valence-electron chi connectivity index (χ3n) is 3.85. The topological polar surface area (TPSA) is 94.1 Å². The molecule has 0 radical (unpaired) electrons.